The third-order valence-corrected chi connectivity index (χ3v) is 4.26. The molecule has 2 fully saturated rings. The van der Waals surface area contributed by atoms with Crippen LogP contribution < -0.4 is 0 Å². The Kier molecular flexibility index (Phi) is 4.01. The van der Waals surface area contributed by atoms with Crippen LogP contribution in [0.15, 0.2) is 0 Å². The molecule has 0 bridgehead atoms. The number of carbonyl (C=O) groups excluding carboxylic acids is 1. The van der Waals surface area contributed by atoms with E-state index >= 15 is 0 Å². The highest BCUT2D eigenvalue weighted by Crippen LogP contribution is 2.41. The Hall–Kier alpha value is -0.370. The van der Waals surface area contributed by atoms with Gasteiger partial charge in [-0.15, -0.1) is 0 Å². The van der Waals surface area contributed by atoms with Gasteiger partial charge in [0.05, 0.1) is 5.60 Å². The van der Waals surface area contributed by atoms with Crippen LogP contribution in [0.5, 0.6) is 0 Å². The summed E-state index contributed by atoms with van der Waals surface area (Å²) < 4.78 is 6.06. The van der Waals surface area contributed by atoms with E-state index in [-0.39, 0.29) is 5.60 Å². The highest BCUT2D eigenvalue weighted by molar-refractivity contribution is 5.75. The Morgan fingerprint density at radius 1 is 1.31 bits per heavy atom. The van der Waals surface area contributed by atoms with E-state index in [2.05, 4.69) is 0 Å². The van der Waals surface area contributed by atoms with Gasteiger partial charge in [-0.2, -0.15) is 0 Å². The Labute approximate surface area is 98.7 Å². The smallest absolute Gasteiger partial charge is 0.129 e. The van der Waals surface area contributed by atoms with Crippen LogP contribution in [0.25, 0.3) is 0 Å². The summed E-state index contributed by atoms with van der Waals surface area (Å²) >= 11 is 0. The summed E-state index contributed by atoms with van der Waals surface area (Å²) in [4.78, 5) is 11.0. The molecule has 1 spiro atoms. The zero-order valence-corrected chi connectivity index (χ0v) is 10.5. The first-order valence-corrected chi connectivity index (χ1v) is 6.84. The molecular weight excluding hydrogens is 200 g/mol. The van der Waals surface area contributed by atoms with Crippen molar-refractivity contribution in [1.29, 1.82) is 0 Å². The van der Waals surface area contributed by atoms with Crippen molar-refractivity contribution in [3.63, 3.8) is 0 Å². The van der Waals surface area contributed by atoms with Gasteiger partial charge in [0.25, 0.3) is 0 Å². The normalized spacial score (nSPS) is 29.2. The summed E-state index contributed by atoms with van der Waals surface area (Å²) in [5.41, 5.74) is 0.206. The fourth-order valence-electron chi connectivity index (χ4n) is 3.33. The Bertz CT molecular complexity index is 236. The molecular formula is C14H24O2. The van der Waals surface area contributed by atoms with E-state index in [0.717, 1.165) is 31.8 Å². The average molecular weight is 224 g/mol. The van der Waals surface area contributed by atoms with Crippen molar-refractivity contribution >= 4 is 5.78 Å². The molecule has 1 saturated carbocycles. The van der Waals surface area contributed by atoms with E-state index in [1.165, 1.54) is 38.5 Å². The van der Waals surface area contributed by atoms with Crippen molar-refractivity contribution in [2.24, 2.45) is 5.92 Å². The Morgan fingerprint density at radius 2 is 2.06 bits per heavy atom. The van der Waals surface area contributed by atoms with Gasteiger partial charge >= 0.3 is 0 Å². The van der Waals surface area contributed by atoms with E-state index in [0.29, 0.717) is 5.78 Å². The van der Waals surface area contributed by atoms with Gasteiger partial charge < -0.3 is 9.53 Å². The number of hydrogen-bond donors (Lipinski definition) is 0. The minimum atomic E-state index is 0.206. The Morgan fingerprint density at radius 3 is 2.75 bits per heavy atom. The number of rotatable bonds is 3. The van der Waals surface area contributed by atoms with Gasteiger partial charge in [0.2, 0.25) is 0 Å². The number of ketones is 1. The van der Waals surface area contributed by atoms with Gasteiger partial charge in [0.1, 0.15) is 5.78 Å². The highest BCUT2D eigenvalue weighted by Gasteiger charge is 2.38. The largest absolute Gasteiger partial charge is 0.375 e. The molecule has 16 heavy (non-hydrogen) atoms. The summed E-state index contributed by atoms with van der Waals surface area (Å²) in [7, 11) is 0. The number of hydrogen-bond acceptors (Lipinski definition) is 2. The van der Waals surface area contributed by atoms with E-state index in [4.69, 9.17) is 4.74 Å². The first-order chi connectivity index (χ1) is 7.70. The van der Waals surface area contributed by atoms with Crippen LogP contribution in [0, 0.1) is 5.92 Å². The quantitative estimate of drug-likeness (QED) is 0.733. The fraction of sp³-hybridized carbons (Fsp3) is 0.929. The molecule has 0 aromatic heterocycles. The van der Waals surface area contributed by atoms with Crippen molar-refractivity contribution in [1.82, 2.24) is 0 Å². The number of Topliss-reactive ketones (excluding diaryl/α,β-unsaturated/α-hetero) is 1. The van der Waals surface area contributed by atoms with Crippen LogP contribution in [0.3, 0.4) is 0 Å². The summed E-state index contributed by atoms with van der Waals surface area (Å²) in [5, 5.41) is 0. The first-order valence-electron chi connectivity index (χ1n) is 6.84. The monoisotopic (exact) mass is 224 g/mol. The number of carbonyl (C=O) groups is 1. The van der Waals surface area contributed by atoms with E-state index in [9.17, 15) is 4.79 Å². The lowest BCUT2D eigenvalue weighted by Gasteiger charge is -2.43. The molecule has 1 atom stereocenters. The summed E-state index contributed by atoms with van der Waals surface area (Å²) in [6, 6.07) is 0. The van der Waals surface area contributed by atoms with Gasteiger partial charge in [-0.1, -0.05) is 19.3 Å². The van der Waals surface area contributed by atoms with Gasteiger partial charge in [-0.25, -0.2) is 0 Å². The standard InChI is InChI=1S/C14H24O2/c1-12(15)5-6-13-7-10-16-14(11-13)8-3-2-4-9-14/h13H,2-11H2,1H3. The SMILES string of the molecule is CC(=O)CCC1CCOC2(CCCCC2)C1. The minimum absolute atomic E-state index is 0.206. The van der Waals surface area contributed by atoms with Crippen LogP contribution in [0.1, 0.15) is 64.7 Å². The number of ether oxygens (including phenoxy) is 1. The minimum Gasteiger partial charge on any atom is -0.375 e. The second-order valence-electron chi connectivity index (χ2n) is 5.69. The molecule has 1 heterocycles. The van der Waals surface area contributed by atoms with Gasteiger partial charge in [-0.05, 0) is 44.9 Å². The first kappa shape index (κ1) is 12.1. The van der Waals surface area contributed by atoms with Crippen molar-refractivity contribution in [2.45, 2.75) is 70.3 Å². The molecule has 1 unspecified atom stereocenters. The summed E-state index contributed by atoms with van der Waals surface area (Å²) in [6.45, 7) is 2.62. The van der Waals surface area contributed by atoms with Gasteiger partial charge in [0, 0.05) is 13.0 Å². The molecule has 2 rings (SSSR count). The van der Waals surface area contributed by atoms with Crippen LogP contribution in [0.2, 0.25) is 0 Å². The molecule has 0 aromatic rings. The lowest BCUT2D eigenvalue weighted by Crippen LogP contribution is -2.41. The van der Waals surface area contributed by atoms with Crippen LogP contribution in [-0.4, -0.2) is 18.0 Å². The average Bonchev–Trinajstić information content (AvgIpc) is 2.28. The molecule has 2 aliphatic rings. The second kappa shape index (κ2) is 5.31. The summed E-state index contributed by atoms with van der Waals surface area (Å²) in [6.07, 6.45) is 10.8. The molecule has 1 saturated heterocycles. The highest BCUT2D eigenvalue weighted by atomic mass is 16.5. The van der Waals surface area contributed by atoms with Crippen molar-refractivity contribution in [3.8, 4) is 0 Å². The molecule has 0 radical (unpaired) electrons. The molecule has 0 N–H and O–H groups in total. The van der Waals surface area contributed by atoms with Crippen molar-refractivity contribution in [2.75, 3.05) is 6.61 Å². The van der Waals surface area contributed by atoms with E-state index in [1.54, 1.807) is 6.92 Å². The molecule has 0 amide bonds. The third kappa shape index (κ3) is 3.07. The molecule has 0 aromatic carbocycles. The zero-order valence-electron chi connectivity index (χ0n) is 10.5. The Balaban J connectivity index is 1.85. The second-order valence-corrected chi connectivity index (χ2v) is 5.69. The lowest BCUT2D eigenvalue weighted by atomic mass is 9.75. The van der Waals surface area contributed by atoms with E-state index < -0.39 is 0 Å². The molecule has 1 aliphatic heterocycles. The lowest BCUT2D eigenvalue weighted by molar-refractivity contribution is -0.123. The van der Waals surface area contributed by atoms with Crippen molar-refractivity contribution in [3.05, 3.63) is 0 Å². The maximum Gasteiger partial charge on any atom is 0.129 e. The molecule has 1 aliphatic carbocycles. The van der Waals surface area contributed by atoms with Crippen LogP contribution in [-0.2, 0) is 9.53 Å². The van der Waals surface area contributed by atoms with Gasteiger partial charge in [-0.3, -0.25) is 0 Å². The van der Waals surface area contributed by atoms with Crippen molar-refractivity contribution < 1.29 is 9.53 Å². The maximum absolute atomic E-state index is 11.0. The predicted molar refractivity (Wildman–Crippen MR) is 64.4 cm³/mol. The van der Waals surface area contributed by atoms with Gasteiger partial charge in [0.15, 0.2) is 0 Å². The predicted octanol–water partition coefficient (Wildman–Crippen LogP) is 3.49. The zero-order chi connectivity index (χ0) is 11.4. The third-order valence-electron chi connectivity index (χ3n) is 4.26. The topological polar surface area (TPSA) is 26.3 Å². The van der Waals surface area contributed by atoms with Crippen LogP contribution in [0.4, 0.5) is 0 Å². The molecule has 92 valence electrons. The summed E-state index contributed by atoms with van der Waals surface area (Å²) in [5.74, 6) is 1.07. The molecule has 2 nitrogen and oxygen atoms in total. The fourth-order valence-corrected chi connectivity index (χ4v) is 3.33. The molecule has 2 heteroatoms. The maximum atomic E-state index is 11.0. The van der Waals surface area contributed by atoms with E-state index in [1.807, 2.05) is 0 Å². The van der Waals surface area contributed by atoms with Crippen LogP contribution >= 0.6 is 0 Å².